The molecule has 1 aromatic heterocycles. The molecule has 0 radical (unpaired) electrons. The number of alkyl halides is 11. The minimum Gasteiger partial charge on any atom is -0.484 e. The summed E-state index contributed by atoms with van der Waals surface area (Å²) in [5.74, 6) is -2.75. The Hall–Kier alpha value is -4.25. The lowest BCUT2D eigenvalue weighted by atomic mass is 9.67. The quantitative estimate of drug-likeness (QED) is 0.0346. The van der Waals surface area contributed by atoms with Crippen molar-refractivity contribution in [1.82, 2.24) is 0 Å². The first-order chi connectivity index (χ1) is 26.7. The van der Waals surface area contributed by atoms with Gasteiger partial charge in [-0.05, 0) is 83.7 Å². The van der Waals surface area contributed by atoms with Gasteiger partial charge < -0.3 is 30.1 Å². The molecule has 0 bridgehead atoms. The smallest absolute Gasteiger partial charge is 0.484 e. The number of carbonyl (C=O) groups excluding carboxylic acids is 1. The molecule has 1 atom stereocenters. The fraction of sp³-hybridized carbons (Fsp3) is 0.568. The second-order valence-electron chi connectivity index (χ2n) is 15.1. The molecule has 1 heterocycles. The molecule has 0 aliphatic carbocycles. The summed E-state index contributed by atoms with van der Waals surface area (Å²) in [4.78, 5) is 25.6. The molecule has 332 valence electrons. The van der Waals surface area contributed by atoms with E-state index in [9.17, 15) is 57.9 Å². The van der Waals surface area contributed by atoms with Gasteiger partial charge in [0.1, 0.15) is 17.1 Å². The summed E-state index contributed by atoms with van der Waals surface area (Å²) < 4.78 is 180. The van der Waals surface area contributed by atoms with Gasteiger partial charge in [0, 0.05) is 28.1 Å². The first kappa shape index (κ1) is 49.1. The highest BCUT2D eigenvalue weighted by Crippen LogP contribution is 2.41. The molecule has 11 nitrogen and oxygen atoms in total. The minimum atomic E-state index is -6.04. The molecule has 0 saturated heterocycles. The highest BCUT2D eigenvalue weighted by molar-refractivity contribution is 5.84. The van der Waals surface area contributed by atoms with Crippen LogP contribution in [0.3, 0.4) is 0 Å². The Balaban J connectivity index is 1.69. The van der Waals surface area contributed by atoms with Crippen molar-refractivity contribution in [2.75, 3.05) is 13.2 Å². The molecule has 3 rings (SSSR count). The van der Waals surface area contributed by atoms with Crippen molar-refractivity contribution in [3.8, 4) is 22.6 Å². The Morgan fingerprint density at radius 3 is 1.86 bits per heavy atom. The van der Waals surface area contributed by atoms with Gasteiger partial charge in [-0.3, -0.25) is 4.79 Å². The molecule has 0 amide bonds. The second-order valence-corrected chi connectivity index (χ2v) is 15.1. The maximum atomic E-state index is 14.4. The van der Waals surface area contributed by atoms with Crippen molar-refractivity contribution in [2.45, 2.75) is 116 Å². The summed E-state index contributed by atoms with van der Waals surface area (Å²) in [5, 5.41) is 0.0189. The normalized spacial score (nSPS) is 14.6. The predicted octanol–water partition coefficient (Wildman–Crippen LogP) is 9.22. The van der Waals surface area contributed by atoms with E-state index < -0.39 is 84.0 Å². The van der Waals surface area contributed by atoms with Gasteiger partial charge in [-0.1, -0.05) is 31.9 Å². The summed E-state index contributed by atoms with van der Waals surface area (Å²) >= 11 is 0. The summed E-state index contributed by atoms with van der Waals surface area (Å²) in [5.41, 5.74) is 5.78. The van der Waals surface area contributed by atoms with Gasteiger partial charge in [-0.25, -0.2) is 19.0 Å². The number of nitrogens with two attached hydrogens (primary N) is 2. The number of esters is 1. The summed E-state index contributed by atoms with van der Waals surface area (Å²) in [6.07, 6.45) is -25.1. The van der Waals surface area contributed by atoms with Gasteiger partial charge in [0.05, 0.1) is 11.0 Å². The lowest BCUT2D eigenvalue weighted by Crippen LogP contribution is -2.58. The van der Waals surface area contributed by atoms with Crippen molar-refractivity contribution in [2.24, 2.45) is 16.9 Å². The Morgan fingerprint density at radius 2 is 1.32 bits per heavy atom. The Kier molecular flexibility index (Phi) is 14.8. The second kappa shape index (κ2) is 17.8. The van der Waals surface area contributed by atoms with Crippen LogP contribution in [-0.4, -0.2) is 61.4 Å². The molecular formula is C37H43F11N2O9. The molecule has 22 heteroatoms. The minimum absolute atomic E-state index is 0.0189. The van der Waals surface area contributed by atoms with Crippen LogP contribution in [0.1, 0.15) is 72.8 Å². The third kappa shape index (κ3) is 14.8. The number of unbranched alkanes of at least 4 members (excludes halogenated alkanes) is 2. The van der Waals surface area contributed by atoms with Crippen LogP contribution in [0.5, 0.6) is 11.5 Å². The van der Waals surface area contributed by atoms with E-state index in [-0.39, 0.29) is 28.5 Å². The largest absolute Gasteiger partial charge is 0.573 e. The number of benzene rings is 2. The zero-order valence-electron chi connectivity index (χ0n) is 32.5. The summed E-state index contributed by atoms with van der Waals surface area (Å²) in [6, 6.07) is 7.79. The van der Waals surface area contributed by atoms with E-state index in [0.717, 1.165) is 43.2 Å². The maximum Gasteiger partial charge on any atom is 0.573 e. The van der Waals surface area contributed by atoms with Crippen LogP contribution in [0.25, 0.3) is 22.1 Å². The van der Waals surface area contributed by atoms with Crippen LogP contribution >= 0.6 is 0 Å². The number of aryl methyl sites for hydroxylation is 1. The van der Waals surface area contributed by atoms with Crippen LogP contribution in [0, 0.1) is 5.41 Å². The fourth-order valence-corrected chi connectivity index (χ4v) is 5.64. The van der Waals surface area contributed by atoms with E-state index in [4.69, 9.17) is 15.9 Å². The van der Waals surface area contributed by atoms with Crippen LogP contribution in [0.2, 0.25) is 0 Å². The topological polar surface area (TPSA) is 155 Å². The molecule has 4 N–H and O–H groups in total. The van der Waals surface area contributed by atoms with Crippen LogP contribution < -0.4 is 26.6 Å². The van der Waals surface area contributed by atoms with Crippen molar-refractivity contribution >= 4 is 16.9 Å². The third-order valence-electron chi connectivity index (χ3n) is 8.57. The number of ether oxygens (including phenoxy) is 6. The molecule has 3 aromatic rings. The van der Waals surface area contributed by atoms with Gasteiger partial charge >= 0.3 is 42.8 Å². The number of fused-ring (bicyclic) bond motifs is 1. The highest BCUT2D eigenvalue weighted by atomic mass is 19.4. The van der Waals surface area contributed by atoms with Crippen LogP contribution in [-0.2, 0) is 30.2 Å². The van der Waals surface area contributed by atoms with Crippen LogP contribution in [0.4, 0.5) is 48.3 Å². The number of halogens is 11. The summed E-state index contributed by atoms with van der Waals surface area (Å²) in [7, 11) is 0. The number of carbonyl (C=O) groups is 1. The number of hydrogen-bond donors (Lipinski definition) is 2. The van der Waals surface area contributed by atoms with Gasteiger partial charge in [-0.15, -0.1) is 30.7 Å². The van der Waals surface area contributed by atoms with Crippen molar-refractivity contribution in [3.63, 3.8) is 0 Å². The Labute approximate surface area is 330 Å². The van der Waals surface area contributed by atoms with Gasteiger partial charge in [0.15, 0.2) is 13.2 Å². The molecule has 1 unspecified atom stereocenters. The molecule has 2 aromatic carbocycles. The average molecular weight is 869 g/mol. The predicted molar refractivity (Wildman–Crippen MR) is 187 cm³/mol. The molecular weight excluding hydrogens is 825 g/mol. The lowest BCUT2D eigenvalue weighted by Gasteiger charge is -2.43. The zero-order chi connectivity index (χ0) is 45.0. The van der Waals surface area contributed by atoms with Gasteiger partial charge in [-0.2, -0.15) is 17.6 Å². The zero-order valence-corrected chi connectivity index (χ0v) is 32.5. The van der Waals surface area contributed by atoms with E-state index >= 15 is 0 Å². The molecule has 0 spiro atoms. The van der Waals surface area contributed by atoms with E-state index in [0.29, 0.717) is 18.4 Å². The first-order valence-corrected chi connectivity index (χ1v) is 17.6. The van der Waals surface area contributed by atoms with Crippen molar-refractivity contribution in [1.29, 1.82) is 0 Å². The van der Waals surface area contributed by atoms with E-state index in [1.165, 1.54) is 46.8 Å². The summed E-state index contributed by atoms with van der Waals surface area (Å²) in [6.45, 7) is 4.28. The number of hydrogen-bond acceptors (Lipinski definition) is 11. The Bertz CT molecular complexity index is 1980. The lowest BCUT2D eigenvalue weighted by molar-refractivity contribution is -0.574. The monoisotopic (exact) mass is 868 g/mol. The molecule has 0 aliphatic heterocycles. The SMILES string of the molecule is CCCCCc1ccc(-c2cc3ccc(OCC(F)(F)OC(F)(F)OC(F)(F)OC(F)(F)COC(=O)C(C)(CC(C)(C)N)C(C)(C)N)cc3oc2=O)c(OC(F)(F)F)c1. The average Bonchev–Trinajstić information content (AvgIpc) is 3.02. The molecule has 0 saturated carbocycles. The first-order valence-electron chi connectivity index (χ1n) is 17.6. The fourth-order valence-electron chi connectivity index (χ4n) is 5.64. The third-order valence-corrected chi connectivity index (χ3v) is 8.57. The van der Waals surface area contributed by atoms with Crippen LogP contribution in [0.15, 0.2) is 51.7 Å². The molecule has 59 heavy (non-hydrogen) atoms. The van der Waals surface area contributed by atoms with E-state index in [1.807, 2.05) is 6.92 Å². The van der Waals surface area contributed by atoms with Crippen molar-refractivity contribution < 1.29 is 85.9 Å². The van der Waals surface area contributed by atoms with E-state index in [1.54, 1.807) is 0 Å². The van der Waals surface area contributed by atoms with Crippen molar-refractivity contribution in [3.05, 3.63) is 58.4 Å². The van der Waals surface area contributed by atoms with Gasteiger partial charge in [0.25, 0.3) is 0 Å². The number of rotatable bonds is 21. The van der Waals surface area contributed by atoms with E-state index in [2.05, 4.69) is 28.4 Å². The highest BCUT2D eigenvalue weighted by Gasteiger charge is 2.58. The Morgan fingerprint density at radius 1 is 0.729 bits per heavy atom. The molecule has 0 fully saturated rings. The van der Waals surface area contributed by atoms with Gasteiger partial charge in [0.2, 0.25) is 0 Å². The maximum absolute atomic E-state index is 14.4. The molecule has 0 aliphatic rings. The standard InChI is InChI=1S/C37H43F11N2O9/c1-7-8-9-10-21-11-14-24(27(15-21)56-35(42,43)44)25-16-22-12-13-23(17-26(22)55-28(25)51)53-19-33(38,39)57-36(45,46)59-37(47,48)58-34(40,41)20-54-29(52)32(6,31(4,5)50)18-30(2,3)49/h11-17H,7-10,18-20,49-50H2,1-6H3.